The molecule has 1 heteroatoms. The van der Waals surface area contributed by atoms with Crippen molar-refractivity contribution in [1.29, 1.82) is 0 Å². The third kappa shape index (κ3) is 1.52. The molecule has 1 heterocycles. The Kier molecular flexibility index (Phi) is 2.16. The predicted molar refractivity (Wildman–Crippen MR) is 53.6 cm³/mol. The van der Waals surface area contributed by atoms with Crippen LogP contribution in [0.15, 0.2) is 41.3 Å². The van der Waals surface area contributed by atoms with E-state index in [1.165, 1.54) is 15.6 Å². The molecule has 0 spiro atoms. The van der Waals surface area contributed by atoms with Crippen LogP contribution in [0.1, 0.15) is 5.56 Å². The molecule has 12 heavy (non-hydrogen) atoms. The van der Waals surface area contributed by atoms with Gasteiger partial charge in [0, 0.05) is 0 Å². The second-order valence-corrected chi connectivity index (χ2v) is 4.83. The minimum atomic E-state index is 0.565. The number of aryl methyl sites for hydroxylation is 1. The Morgan fingerprint density at radius 1 is 1.00 bits per heavy atom. The van der Waals surface area contributed by atoms with Gasteiger partial charge in [0.2, 0.25) is 0 Å². The first-order valence-electron chi connectivity index (χ1n) is 3.97. The van der Waals surface area contributed by atoms with Gasteiger partial charge in [-0.2, -0.15) is 0 Å². The standard InChI is InChI=1S/C11H10Se/c1-9-4-6-10(7-5-9)11-3-2-8-12-11/h2-8H,1H3. The van der Waals surface area contributed by atoms with Crippen LogP contribution >= 0.6 is 0 Å². The zero-order valence-corrected chi connectivity index (χ0v) is 8.66. The van der Waals surface area contributed by atoms with Crippen LogP contribution in [0.4, 0.5) is 0 Å². The average Bonchev–Trinajstić information content (AvgIpc) is 2.58. The van der Waals surface area contributed by atoms with Crippen LogP contribution in [0, 0.1) is 6.92 Å². The van der Waals surface area contributed by atoms with Gasteiger partial charge in [0.05, 0.1) is 0 Å². The Balaban J connectivity index is 2.43. The van der Waals surface area contributed by atoms with E-state index in [0.717, 1.165) is 0 Å². The fourth-order valence-corrected chi connectivity index (χ4v) is 2.70. The molecule has 0 radical (unpaired) electrons. The number of rotatable bonds is 1. The molecule has 0 aliphatic heterocycles. The maximum atomic E-state index is 2.25. The Bertz CT molecular complexity index is 343. The van der Waals surface area contributed by atoms with E-state index in [4.69, 9.17) is 0 Å². The molecule has 2 rings (SSSR count). The summed E-state index contributed by atoms with van der Waals surface area (Å²) in [4.78, 5) is 2.25. The molecule has 0 nitrogen and oxygen atoms in total. The summed E-state index contributed by atoms with van der Waals surface area (Å²) in [5.41, 5.74) is 2.71. The molecular formula is C11H10Se. The summed E-state index contributed by atoms with van der Waals surface area (Å²) in [6.07, 6.45) is 0. The topological polar surface area (TPSA) is 0 Å². The van der Waals surface area contributed by atoms with Gasteiger partial charge in [-0.15, -0.1) is 0 Å². The fourth-order valence-electron chi connectivity index (χ4n) is 1.16. The van der Waals surface area contributed by atoms with Crippen LogP contribution in [0.2, 0.25) is 0 Å². The first-order chi connectivity index (χ1) is 5.86. The van der Waals surface area contributed by atoms with E-state index >= 15 is 0 Å². The van der Waals surface area contributed by atoms with Gasteiger partial charge in [-0.25, -0.2) is 0 Å². The minimum absolute atomic E-state index is 0.565. The summed E-state index contributed by atoms with van der Waals surface area (Å²) >= 11 is 0.565. The second-order valence-electron chi connectivity index (χ2n) is 2.84. The number of hydrogen-bond donors (Lipinski definition) is 0. The summed E-state index contributed by atoms with van der Waals surface area (Å²) in [6.45, 7) is 2.12. The molecule has 1 aromatic heterocycles. The molecule has 0 amide bonds. The Morgan fingerprint density at radius 3 is 2.33 bits per heavy atom. The van der Waals surface area contributed by atoms with Crippen LogP contribution < -0.4 is 0 Å². The van der Waals surface area contributed by atoms with Crippen molar-refractivity contribution in [3.8, 4) is 10.0 Å². The Morgan fingerprint density at radius 2 is 1.75 bits per heavy atom. The van der Waals surface area contributed by atoms with Crippen LogP contribution in [0.3, 0.4) is 0 Å². The molecule has 0 aliphatic carbocycles. The third-order valence-electron chi connectivity index (χ3n) is 1.86. The van der Waals surface area contributed by atoms with E-state index in [1.807, 2.05) is 0 Å². The summed E-state index contributed by atoms with van der Waals surface area (Å²) in [5.74, 6) is 0. The Hall–Kier alpha value is -0.781. The third-order valence-corrected chi connectivity index (χ3v) is 3.79. The van der Waals surface area contributed by atoms with Gasteiger partial charge in [0.15, 0.2) is 0 Å². The van der Waals surface area contributed by atoms with E-state index in [0.29, 0.717) is 14.5 Å². The molecule has 2 aromatic rings. The molecule has 0 saturated heterocycles. The summed E-state index contributed by atoms with van der Waals surface area (Å²) < 4.78 is 1.49. The van der Waals surface area contributed by atoms with E-state index in [2.05, 4.69) is 48.3 Å². The SMILES string of the molecule is Cc1ccc(-c2ccc[se]2)cc1. The molecular weight excluding hydrogens is 211 g/mol. The zero-order valence-electron chi connectivity index (χ0n) is 6.95. The van der Waals surface area contributed by atoms with Gasteiger partial charge >= 0.3 is 78.3 Å². The van der Waals surface area contributed by atoms with E-state index in [1.54, 1.807) is 0 Å². The van der Waals surface area contributed by atoms with E-state index in [9.17, 15) is 0 Å². The first kappa shape index (κ1) is 7.85. The molecule has 0 aliphatic rings. The van der Waals surface area contributed by atoms with Gasteiger partial charge in [-0.05, 0) is 0 Å². The summed E-state index contributed by atoms with van der Waals surface area (Å²) in [6, 6.07) is 13.1. The van der Waals surface area contributed by atoms with Crippen molar-refractivity contribution >= 4 is 14.5 Å². The van der Waals surface area contributed by atoms with Crippen molar-refractivity contribution in [2.75, 3.05) is 0 Å². The van der Waals surface area contributed by atoms with Crippen molar-refractivity contribution < 1.29 is 0 Å². The van der Waals surface area contributed by atoms with E-state index in [-0.39, 0.29) is 0 Å². The first-order valence-corrected chi connectivity index (χ1v) is 5.81. The number of hydrogen-bond acceptors (Lipinski definition) is 0. The maximum absolute atomic E-state index is 2.25. The monoisotopic (exact) mass is 222 g/mol. The van der Waals surface area contributed by atoms with Gasteiger partial charge in [-0.1, -0.05) is 0 Å². The average molecular weight is 221 g/mol. The normalized spacial score (nSPS) is 10.1. The molecule has 0 unspecified atom stereocenters. The van der Waals surface area contributed by atoms with Gasteiger partial charge in [-0.3, -0.25) is 0 Å². The van der Waals surface area contributed by atoms with Crippen molar-refractivity contribution in [3.05, 3.63) is 46.9 Å². The molecule has 0 saturated carbocycles. The molecule has 1 aromatic carbocycles. The van der Waals surface area contributed by atoms with Crippen molar-refractivity contribution in [1.82, 2.24) is 0 Å². The van der Waals surface area contributed by atoms with Crippen molar-refractivity contribution in [2.45, 2.75) is 6.92 Å². The second kappa shape index (κ2) is 3.30. The predicted octanol–water partition coefficient (Wildman–Crippen LogP) is 2.72. The van der Waals surface area contributed by atoms with Crippen LogP contribution in [-0.2, 0) is 0 Å². The van der Waals surface area contributed by atoms with Crippen molar-refractivity contribution in [2.24, 2.45) is 0 Å². The van der Waals surface area contributed by atoms with Crippen molar-refractivity contribution in [3.63, 3.8) is 0 Å². The Labute approximate surface area is 78.6 Å². The summed E-state index contributed by atoms with van der Waals surface area (Å²) in [7, 11) is 0. The molecule has 0 fully saturated rings. The zero-order chi connectivity index (χ0) is 8.39. The van der Waals surface area contributed by atoms with Gasteiger partial charge in [0.1, 0.15) is 0 Å². The summed E-state index contributed by atoms with van der Waals surface area (Å²) in [5, 5.41) is 0. The quantitative estimate of drug-likeness (QED) is 0.649. The molecule has 0 N–H and O–H groups in total. The number of benzene rings is 1. The van der Waals surface area contributed by atoms with Crippen LogP contribution in [0.5, 0.6) is 0 Å². The molecule has 60 valence electrons. The fraction of sp³-hybridized carbons (Fsp3) is 0.0909. The molecule has 0 bridgehead atoms. The van der Waals surface area contributed by atoms with Crippen LogP contribution in [0.25, 0.3) is 10.0 Å². The van der Waals surface area contributed by atoms with E-state index < -0.39 is 0 Å². The van der Waals surface area contributed by atoms with Crippen LogP contribution in [-0.4, -0.2) is 14.5 Å². The van der Waals surface area contributed by atoms with Gasteiger partial charge in [0.25, 0.3) is 0 Å². The molecule has 0 atom stereocenters. The van der Waals surface area contributed by atoms with Gasteiger partial charge < -0.3 is 0 Å².